The molecular formula is C65H108N9O16P. The van der Waals surface area contributed by atoms with Crippen molar-refractivity contribution in [1.29, 1.82) is 0 Å². The Morgan fingerprint density at radius 2 is 1.14 bits per heavy atom. The summed E-state index contributed by atoms with van der Waals surface area (Å²) in [5.74, 6) is -3.54. The van der Waals surface area contributed by atoms with E-state index in [1.54, 1.807) is 12.1 Å². The molecule has 0 fully saturated rings. The van der Waals surface area contributed by atoms with Crippen LogP contribution in [0.1, 0.15) is 248 Å². The summed E-state index contributed by atoms with van der Waals surface area (Å²) in [7, 11) is -4.72. The second-order valence-corrected chi connectivity index (χ2v) is 24.6. The summed E-state index contributed by atoms with van der Waals surface area (Å²) in [5, 5.41) is 20.2. The Morgan fingerprint density at radius 1 is 0.615 bits per heavy atom. The maximum atomic E-state index is 12.9. The number of nitrogens with one attached hydrogen (secondary N) is 5. The molecular weight excluding hydrogens is 1190 g/mol. The second kappa shape index (κ2) is 50.3. The van der Waals surface area contributed by atoms with E-state index in [-0.39, 0.29) is 94.4 Å². The van der Waals surface area contributed by atoms with Gasteiger partial charge in [-0.3, -0.25) is 38.0 Å². The van der Waals surface area contributed by atoms with E-state index in [0.717, 1.165) is 38.5 Å². The number of fused-ring (bicyclic) bond motifs is 1. The van der Waals surface area contributed by atoms with Gasteiger partial charge in [-0.05, 0) is 43.5 Å². The summed E-state index contributed by atoms with van der Waals surface area (Å²) in [5.41, 5.74) is 6.38. The van der Waals surface area contributed by atoms with Gasteiger partial charge in [-0.15, -0.1) is 0 Å². The Labute approximate surface area is 538 Å². The molecule has 0 saturated heterocycles. The number of nitrogens with zero attached hydrogens (tertiary/aromatic N) is 3. The maximum Gasteiger partial charge on any atom is 0.472 e. The number of ether oxygens (including phenoxy) is 4. The van der Waals surface area contributed by atoms with Crippen LogP contribution in [-0.4, -0.2) is 131 Å². The molecule has 25 nitrogen and oxygen atoms in total. The van der Waals surface area contributed by atoms with Gasteiger partial charge < -0.3 is 55.9 Å². The molecule has 514 valence electrons. The Kier molecular flexibility index (Phi) is 43.7. The van der Waals surface area contributed by atoms with Crippen molar-refractivity contribution in [2.24, 2.45) is 0 Å². The van der Waals surface area contributed by atoms with Crippen molar-refractivity contribution >= 4 is 66.4 Å². The van der Waals surface area contributed by atoms with Gasteiger partial charge >= 0.3 is 31.8 Å². The number of aromatic amines is 1. The number of hydrogen-bond donors (Lipinski definition) is 8. The van der Waals surface area contributed by atoms with Crippen molar-refractivity contribution in [3.8, 4) is 0 Å². The van der Waals surface area contributed by atoms with Crippen LogP contribution in [0.15, 0.2) is 35.3 Å². The molecule has 0 aliphatic carbocycles. The molecule has 91 heavy (non-hydrogen) atoms. The largest absolute Gasteiger partial charge is 0.480 e. The van der Waals surface area contributed by atoms with Crippen LogP contribution < -0.4 is 32.6 Å². The standard InChI is InChI=1S/C65H108N9O16P/c1-3-5-7-9-11-13-15-17-19-21-23-25-27-29-31-33-57(76)87-49-54(90-58(77)34-32-30-28-26-24-22-20-18-16-14-12-10-8-6-4-2)50-89-91(83,84)88-44-42-68-65(82)86-46-45-85-43-41-67-56(75)40-39-55(63(80)81)72-61(78)51-35-37-52(38-36-51)69-47-53-48-70-60-59(71-53)62(79)74-64(66)73-60/h35-38,48,54-55,69H,3-34,39-47,49-50H2,1-2H3,(H,67,75)(H,68,82)(H,72,78)(H,80,81)(H,83,84)(H3,66,70,73,74,79). The zero-order valence-electron chi connectivity index (χ0n) is 54.4. The zero-order valence-corrected chi connectivity index (χ0v) is 55.3. The number of amides is 3. The number of carboxylic acid groups (broad SMARTS) is 1. The van der Waals surface area contributed by atoms with Crippen molar-refractivity contribution in [3.05, 3.63) is 52.1 Å². The molecule has 1 aromatic carbocycles. The monoisotopic (exact) mass is 1300 g/mol. The molecule has 0 radical (unpaired) electrons. The first-order valence-electron chi connectivity index (χ1n) is 33.7. The number of esters is 2. The van der Waals surface area contributed by atoms with Crippen LogP contribution in [0.5, 0.6) is 0 Å². The van der Waals surface area contributed by atoms with Gasteiger partial charge in [-0.2, -0.15) is 4.98 Å². The van der Waals surface area contributed by atoms with Crippen molar-refractivity contribution in [2.75, 3.05) is 63.8 Å². The quantitative estimate of drug-likeness (QED) is 0.0113. The van der Waals surface area contributed by atoms with Crippen molar-refractivity contribution in [3.63, 3.8) is 0 Å². The second-order valence-electron chi connectivity index (χ2n) is 23.1. The van der Waals surface area contributed by atoms with Crippen LogP contribution in [0, 0.1) is 0 Å². The average molecular weight is 1300 g/mol. The minimum absolute atomic E-state index is 0.0294. The predicted octanol–water partition coefficient (Wildman–Crippen LogP) is 11.8. The van der Waals surface area contributed by atoms with E-state index in [1.807, 2.05) is 0 Å². The minimum Gasteiger partial charge on any atom is -0.480 e. The third kappa shape index (κ3) is 40.4. The highest BCUT2D eigenvalue weighted by Crippen LogP contribution is 2.43. The van der Waals surface area contributed by atoms with E-state index >= 15 is 0 Å². The molecule has 0 spiro atoms. The zero-order chi connectivity index (χ0) is 66.0. The first-order valence-corrected chi connectivity index (χ1v) is 35.2. The number of unbranched alkanes of at least 4 members (excludes halogenated alkanes) is 28. The smallest absolute Gasteiger partial charge is 0.472 e. The number of alkyl carbamates (subject to hydrolysis) is 1. The van der Waals surface area contributed by atoms with Crippen molar-refractivity contribution < 1.29 is 71.3 Å². The number of phosphoric ester groups is 1. The fourth-order valence-electron chi connectivity index (χ4n) is 9.89. The van der Waals surface area contributed by atoms with E-state index in [9.17, 15) is 48.1 Å². The summed E-state index contributed by atoms with van der Waals surface area (Å²) >= 11 is 0. The summed E-state index contributed by atoms with van der Waals surface area (Å²) in [4.78, 5) is 112. The third-order valence-electron chi connectivity index (χ3n) is 15.1. The number of rotatable bonds is 57. The van der Waals surface area contributed by atoms with Crippen LogP contribution in [-0.2, 0) is 58.3 Å². The number of hydrogen-bond acceptors (Lipinski definition) is 19. The molecule has 0 aliphatic heterocycles. The average Bonchev–Trinajstić information content (AvgIpc) is 1.10. The number of carbonyl (C=O) groups excluding carboxylic acids is 5. The SMILES string of the molecule is CCCCCCCCCCCCCCCCCC(=O)OCC(COP(=O)(O)OCCNC(=O)OCCOCCNC(=O)CCC(NC(=O)c1ccc(NCc2cnc3nc(N)[nH]c(=O)c3n2)cc1)C(=O)O)OC(=O)CCCCCCCCCCCCCCCCC. The number of H-pyrrole nitrogens is 1. The third-order valence-corrected chi connectivity index (χ3v) is 16.1. The summed E-state index contributed by atoms with van der Waals surface area (Å²) in [6.07, 6.45) is 35.2. The molecule has 3 amide bonds. The van der Waals surface area contributed by atoms with Crippen molar-refractivity contribution in [2.45, 2.75) is 251 Å². The van der Waals surface area contributed by atoms with Gasteiger partial charge in [0.1, 0.15) is 19.3 Å². The summed E-state index contributed by atoms with van der Waals surface area (Å²) < 4.78 is 44.4. The lowest BCUT2D eigenvalue weighted by Crippen LogP contribution is -2.41. The molecule has 9 N–H and O–H groups in total. The topological polar surface area (TPSA) is 361 Å². The molecule has 0 bridgehead atoms. The maximum absolute atomic E-state index is 12.9. The number of nitrogens with two attached hydrogens (primary N) is 1. The Morgan fingerprint density at radius 3 is 1.69 bits per heavy atom. The van der Waals surface area contributed by atoms with E-state index in [2.05, 4.69) is 55.1 Å². The van der Waals surface area contributed by atoms with Crippen LogP contribution >= 0.6 is 7.82 Å². The molecule has 3 unspecified atom stereocenters. The molecule has 26 heteroatoms. The number of benzene rings is 1. The van der Waals surface area contributed by atoms with Gasteiger partial charge in [0.2, 0.25) is 11.9 Å². The van der Waals surface area contributed by atoms with Crippen LogP contribution in [0.2, 0.25) is 0 Å². The fourth-order valence-corrected chi connectivity index (χ4v) is 10.6. The van der Waals surface area contributed by atoms with Crippen LogP contribution in [0.4, 0.5) is 16.4 Å². The molecule has 0 saturated carbocycles. The predicted molar refractivity (Wildman–Crippen MR) is 349 cm³/mol. The number of phosphoric acid groups is 1. The van der Waals surface area contributed by atoms with Gasteiger partial charge in [0.15, 0.2) is 17.3 Å². The summed E-state index contributed by atoms with van der Waals surface area (Å²) in [6, 6.07) is 4.81. The number of carbonyl (C=O) groups is 6. The van der Waals surface area contributed by atoms with Gasteiger partial charge in [-0.1, -0.05) is 194 Å². The highest BCUT2D eigenvalue weighted by atomic mass is 31.2. The van der Waals surface area contributed by atoms with E-state index in [0.29, 0.717) is 24.2 Å². The van der Waals surface area contributed by atoms with Crippen LogP contribution in [0.3, 0.4) is 0 Å². The van der Waals surface area contributed by atoms with Crippen LogP contribution in [0.25, 0.3) is 11.2 Å². The summed E-state index contributed by atoms with van der Waals surface area (Å²) in [6.45, 7) is 2.91. The lowest BCUT2D eigenvalue weighted by Gasteiger charge is -2.20. The highest BCUT2D eigenvalue weighted by molar-refractivity contribution is 7.47. The molecule has 0 aliphatic rings. The molecule has 2 aromatic heterocycles. The first kappa shape index (κ1) is 79.0. The number of aliphatic carboxylic acids is 1. The number of carboxylic acids is 1. The lowest BCUT2D eigenvalue weighted by atomic mass is 10.0. The number of aromatic nitrogens is 4. The highest BCUT2D eigenvalue weighted by Gasteiger charge is 2.27. The van der Waals surface area contributed by atoms with Gasteiger partial charge in [0.05, 0.1) is 44.9 Å². The Balaban J connectivity index is 1.27. The molecule has 3 aromatic rings. The number of anilines is 2. The normalized spacial score (nSPS) is 12.6. The van der Waals surface area contributed by atoms with E-state index in [1.165, 1.54) is 160 Å². The van der Waals surface area contributed by atoms with Gasteiger partial charge in [-0.25, -0.2) is 24.1 Å². The lowest BCUT2D eigenvalue weighted by molar-refractivity contribution is -0.161. The Bertz CT molecular complexity index is 2620. The molecule has 3 atom stereocenters. The minimum atomic E-state index is -4.72. The fraction of sp³-hybridized carbons (Fsp3) is 0.723. The van der Waals surface area contributed by atoms with E-state index in [4.69, 9.17) is 33.7 Å². The molecule has 3 rings (SSSR count). The van der Waals surface area contributed by atoms with Crippen molar-refractivity contribution in [1.82, 2.24) is 35.9 Å². The van der Waals surface area contributed by atoms with Gasteiger partial charge in [0, 0.05) is 43.6 Å². The Hall–Kier alpha value is -6.27. The van der Waals surface area contributed by atoms with Gasteiger partial charge in [0.25, 0.3) is 11.5 Å². The molecule has 2 heterocycles. The first-order chi connectivity index (χ1) is 44.1. The number of nitrogen functional groups attached to an aromatic ring is 1. The van der Waals surface area contributed by atoms with E-state index < -0.39 is 74.6 Å².